The molecular weight excluding hydrogens is 444 g/mol. The Kier molecular flexibility index (Phi) is 5.38. The van der Waals surface area contributed by atoms with Crippen LogP contribution in [0.4, 0.5) is 5.13 Å². The predicted octanol–water partition coefficient (Wildman–Crippen LogP) is 4.68. The zero-order chi connectivity index (χ0) is 18.0. The number of sulfone groups is 1. The van der Waals surface area contributed by atoms with Crippen LogP contribution in [0.5, 0.6) is 0 Å². The summed E-state index contributed by atoms with van der Waals surface area (Å²) in [5.41, 5.74) is 0.894. The van der Waals surface area contributed by atoms with Crippen molar-refractivity contribution in [2.24, 2.45) is 0 Å². The van der Waals surface area contributed by atoms with Gasteiger partial charge in [-0.05, 0) is 40.2 Å². The highest BCUT2D eigenvalue weighted by atomic mass is 79.9. The van der Waals surface area contributed by atoms with Gasteiger partial charge in [0.25, 0.3) is 5.91 Å². The molecule has 0 atom stereocenters. The zero-order valence-corrected chi connectivity index (χ0v) is 17.1. The van der Waals surface area contributed by atoms with Gasteiger partial charge in [-0.3, -0.25) is 10.1 Å². The fourth-order valence-corrected chi connectivity index (χ4v) is 5.36. The van der Waals surface area contributed by atoms with Crippen LogP contribution in [0.2, 0.25) is 0 Å². The molecule has 2 heterocycles. The van der Waals surface area contributed by atoms with E-state index in [-0.39, 0.29) is 16.2 Å². The first kappa shape index (κ1) is 18.2. The van der Waals surface area contributed by atoms with Gasteiger partial charge in [-0.1, -0.05) is 19.1 Å². The molecule has 5 nitrogen and oxygen atoms in total. The van der Waals surface area contributed by atoms with Gasteiger partial charge < -0.3 is 0 Å². The maximum Gasteiger partial charge on any atom is 0.258 e. The average molecular weight is 457 g/mol. The molecule has 0 aliphatic rings. The Bertz CT molecular complexity index is 1020. The summed E-state index contributed by atoms with van der Waals surface area (Å²) in [6.07, 6.45) is 0. The minimum absolute atomic E-state index is 0.0361. The van der Waals surface area contributed by atoms with Crippen LogP contribution in [0.15, 0.2) is 50.5 Å². The fourth-order valence-electron chi connectivity index (χ4n) is 2.14. The first-order chi connectivity index (χ1) is 11.9. The van der Waals surface area contributed by atoms with Gasteiger partial charge in [0.1, 0.15) is 0 Å². The van der Waals surface area contributed by atoms with Crippen molar-refractivity contribution in [2.45, 2.75) is 11.8 Å². The predicted molar refractivity (Wildman–Crippen MR) is 105 cm³/mol. The number of aromatic nitrogens is 1. The van der Waals surface area contributed by atoms with Gasteiger partial charge in [0.15, 0.2) is 15.0 Å². The van der Waals surface area contributed by atoms with Crippen molar-refractivity contribution >= 4 is 59.5 Å². The second-order valence-corrected chi connectivity index (χ2v) is 10.6. The third-order valence-electron chi connectivity index (χ3n) is 3.40. The molecule has 0 unspecified atom stereocenters. The van der Waals surface area contributed by atoms with Gasteiger partial charge >= 0.3 is 0 Å². The van der Waals surface area contributed by atoms with E-state index in [1.165, 1.54) is 23.5 Å². The summed E-state index contributed by atoms with van der Waals surface area (Å²) in [5, 5.41) is 4.96. The molecule has 0 spiro atoms. The Hall–Kier alpha value is -1.55. The lowest BCUT2D eigenvalue weighted by Gasteiger charge is -2.08. The van der Waals surface area contributed by atoms with E-state index in [0.29, 0.717) is 5.13 Å². The van der Waals surface area contributed by atoms with Gasteiger partial charge in [-0.2, -0.15) is 0 Å². The van der Waals surface area contributed by atoms with E-state index >= 15 is 0 Å². The van der Waals surface area contributed by atoms with Crippen LogP contribution >= 0.6 is 38.6 Å². The Morgan fingerprint density at radius 2 is 2.00 bits per heavy atom. The summed E-state index contributed by atoms with van der Waals surface area (Å²) in [7, 11) is -3.48. The largest absolute Gasteiger partial charge is 0.298 e. The molecule has 0 saturated heterocycles. The van der Waals surface area contributed by atoms with E-state index in [2.05, 4.69) is 26.2 Å². The molecule has 1 aromatic carbocycles. The maximum absolute atomic E-state index is 12.5. The quantitative estimate of drug-likeness (QED) is 0.604. The molecule has 1 N–H and O–H groups in total. The number of amides is 1. The third kappa shape index (κ3) is 4.00. The second-order valence-electron chi connectivity index (χ2n) is 5.00. The standard InChI is InChI=1S/C16H13BrN2O3S3/c1-2-25(21,22)13-6-4-3-5-10(13)15(20)19-16-18-11(9-23-16)12-7-8-14(17)24-12/h3-9H,2H2,1H3,(H,18,19,20). The van der Waals surface area contributed by atoms with Gasteiger partial charge in [0.2, 0.25) is 0 Å². The molecule has 0 saturated carbocycles. The number of halogens is 1. The Morgan fingerprint density at radius 1 is 1.24 bits per heavy atom. The number of nitrogens with zero attached hydrogens (tertiary/aromatic N) is 1. The van der Waals surface area contributed by atoms with E-state index in [4.69, 9.17) is 0 Å². The van der Waals surface area contributed by atoms with Crippen molar-refractivity contribution in [3.8, 4) is 10.6 Å². The van der Waals surface area contributed by atoms with E-state index in [1.807, 2.05) is 17.5 Å². The number of anilines is 1. The van der Waals surface area contributed by atoms with Crippen LogP contribution in [0.25, 0.3) is 10.6 Å². The molecule has 130 valence electrons. The molecule has 3 aromatic rings. The van der Waals surface area contributed by atoms with E-state index in [9.17, 15) is 13.2 Å². The van der Waals surface area contributed by atoms with E-state index in [1.54, 1.807) is 30.4 Å². The highest BCUT2D eigenvalue weighted by molar-refractivity contribution is 9.11. The van der Waals surface area contributed by atoms with Gasteiger partial charge in [0, 0.05) is 5.38 Å². The monoisotopic (exact) mass is 456 g/mol. The number of carbonyl (C=O) groups excluding carboxylic acids is 1. The minimum atomic E-state index is -3.48. The normalized spacial score (nSPS) is 11.4. The summed E-state index contributed by atoms with van der Waals surface area (Å²) in [6.45, 7) is 1.55. The summed E-state index contributed by atoms with van der Waals surface area (Å²) >= 11 is 6.25. The van der Waals surface area contributed by atoms with Crippen LogP contribution < -0.4 is 5.32 Å². The Labute approximate surface area is 161 Å². The van der Waals surface area contributed by atoms with Gasteiger partial charge in [-0.25, -0.2) is 13.4 Å². The van der Waals surface area contributed by atoms with Crippen molar-refractivity contribution in [1.29, 1.82) is 0 Å². The molecule has 0 radical (unpaired) electrons. The minimum Gasteiger partial charge on any atom is -0.298 e. The zero-order valence-electron chi connectivity index (χ0n) is 13.0. The first-order valence-electron chi connectivity index (χ1n) is 7.25. The number of hydrogen-bond donors (Lipinski definition) is 1. The molecule has 9 heteroatoms. The molecule has 0 fully saturated rings. The maximum atomic E-state index is 12.5. The average Bonchev–Trinajstić information content (AvgIpc) is 3.23. The summed E-state index contributed by atoms with van der Waals surface area (Å²) in [4.78, 5) is 18.0. The molecule has 0 aliphatic heterocycles. The number of nitrogens with one attached hydrogen (secondary N) is 1. The lowest BCUT2D eigenvalue weighted by Crippen LogP contribution is -2.17. The Balaban J connectivity index is 1.86. The van der Waals surface area contributed by atoms with Crippen LogP contribution in [0, 0.1) is 0 Å². The van der Waals surface area contributed by atoms with Crippen molar-refractivity contribution < 1.29 is 13.2 Å². The Morgan fingerprint density at radius 3 is 2.68 bits per heavy atom. The lowest BCUT2D eigenvalue weighted by molar-refractivity contribution is 0.102. The molecule has 0 aliphatic carbocycles. The van der Waals surface area contributed by atoms with Crippen LogP contribution in [-0.4, -0.2) is 25.1 Å². The second kappa shape index (κ2) is 7.36. The molecule has 3 rings (SSSR count). The number of thiazole rings is 1. The van der Waals surface area contributed by atoms with Crippen molar-refractivity contribution in [2.75, 3.05) is 11.1 Å². The number of thiophene rings is 1. The van der Waals surface area contributed by atoms with E-state index < -0.39 is 15.7 Å². The molecular formula is C16H13BrN2O3S3. The van der Waals surface area contributed by atoms with Gasteiger partial charge in [0.05, 0.1) is 30.6 Å². The fraction of sp³-hybridized carbons (Fsp3) is 0.125. The number of rotatable bonds is 5. The van der Waals surface area contributed by atoms with Crippen LogP contribution in [-0.2, 0) is 9.84 Å². The SMILES string of the molecule is CCS(=O)(=O)c1ccccc1C(=O)Nc1nc(-c2ccc(Br)s2)cs1. The van der Waals surface area contributed by atoms with Crippen molar-refractivity contribution in [3.05, 3.63) is 51.1 Å². The van der Waals surface area contributed by atoms with Crippen molar-refractivity contribution in [3.63, 3.8) is 0 Å². The summed E-state index contributed by atoms with van der Waals surface area (Å²) < 4.78 is 25.3. The van der Waals surface area contributed by atoms with Crippen LogP contribution in [0.3, 0.4) is 0 Å². The van der Waals surface area contributed by atoms with Gasteiger partial charge in [-0.15, -0.1) is 22.7 Å². The highest BCUT2D eigenvalue weighted by Crippen LogP contribution is 2.33. The first-order valence-corrected chi connectivity index (χ1v) is 11.4. The molecule has 0 bridgehead atoms. The number of carbonyl (C=O) groups is 1. The summed E-state index contributed by atoms with van der Waals surface area (Å²) in [5.74, 6) is -0.549. The van der Waals surface area contributed by atoms with Crippen LogP contribution in [0.1, 0.15) is 17.3 Å². The molecule has 25 heavy (non-hydrogen) atoms. The lowest BCUT2D eigenvalue weighted by atomic mass is 10.2. The third-order valence-corrected chi connectivity index (χ3v) is 7.59. The molecule has 2 aromatic heterocycles. The van der Waals surface area contributed by atoms with Crippen molar-refractivity contribution in [1.82, 2.24) is 4.98 Å². The summed E-state index contributed by atoms with van der Waals surface area (Å²) in [6, 6.07) is 10.1. The number of benzene rings is 1. The highest BCUT2D eigenvalue weighted by Gasteiger charge is 2.21. The van der Waals surface area contributed by atoms with E-state index in [0.717, 1.165) is 14.4 Å². The molecule has 1 amide bonds. The topological polar surface area (TPSA) is 76.1 Å². The number of hydrogen-bond acceptors (Lipinski definition) is 6. The smallest absolute Gasteiger partial charge is 0.258 e.